The number of likely N-dealkylation sites (tertiary alicyclic amines) is 2. The van der Waals surface area contributed by atoms with Gasteiger partial charge in [0, 0.05) is 69.8 Å². The number of hydrogen-bond donors (Lipinski definition) is 1. The Morgan fingerprint density at radius 2 is 1.70 bits per heavy atom. The van der Waals surface area contributed by atoms with E-state index in [1.807, 2.05) is 15.9 Å². The fourth-order valence-electron chi connectivity index (χ4n) is 5.73. The molecule has 0 radical (unpaired) electrons. The monoisotopic (exact) mass is 370 g/mol. The molecule has 5 heterocycles. The van der Waals surface area contributed by atoms with Crippen LogP contribution in [0.15, 0.2) is 23.0 Å². The van der Waals surface area contributed by atoms with Crippen molar-refractivity contribution in [3.8, 4) is 0 Å². The smallest absolute Gasteiger partial charge is 0.251 e. The van der Waals surface area contributed by atoms with Gasteiger partial charge in [0.05, 0.1) is 0 Å². The van der Waals surface area contributed by atoms with Crippen molar-refractivity contribution in [2.45, 2.75) is 25.3 Å². The lowest BCUT2D eigenvalue weighted by molar-refractivity contribution is -0.141. The topological polar surface area (TPSA) is 74.7 Å². The maximum absolute atomic E-state index is 13.6. The zero-order chi connectivity index (χ0) is 18.7. The number of nitrogens with zero attached hydrogens (tertiary/aromatic N) is 3. The molecule has 27 heavy (non-hydrogen) atoms. The van der Waals surface area contributed by atoms with E-state index in [0.29, 0.717) is 24.9 Å². The maximum Gasteiger partial charge on any atom is 0.251 e. The summed E-state index contributed by atoms with van der Waals surface area (Å²) < 4.78 is 1.74. The third-order valence-electron chi connectivity index (χ3n) is 7.05. The first kappa shape index (κ1) is 17.0. The minimum atomic E-state index is -0.487. The van der Waals surface area contributed by atoms with Crippen molar-refractivity contribution in [3.63, 3.8) is 0 Å². The molecule has 7 nitrogen and oxygen atoms in total. The van der Waals surface area contributed by atoms with Gasteiger partial charge in [-0.25, -0.2) is 0 Å². The highest BCUT2D eigenvalue weighted by Crippen LogP contribution is 2.42. The third kappa shape index (κ3) is 2.63. The van der Waals surface area contributed by atoms with Crippen LogP contribution in [0.1, 0.15) is 31.0 Å². The molecule has 1 aromatic heterocycles. The highest BCUT2D eigenvalue weighted by molar-refractivity contribution is 5.82. The molecule has 144 valence electrons. The lowest BCUT2D eigenvalue weighted by Gasteiger charge is -2.46. The van der Waals surface area contributed by atoms with Crippen molar-refractivity contribution < 1.29 is 9.59 Å². The standard InChI is InChI=1S/C20H26N4O3/c1-12(25)22-8-13-5-14(9-22)19(24-17(13)3-2-4-18(24)26)20(27)23-10-15-6-21-7-16(15)11-23/h2-4,13-16,19,21H,5-11H2,1H3/t13-,14+,15-,16+,19-/m1/s1. The van der Waals surface area contributed by atoms with Gasteiger partial charge >= 0.3 is 0 Å². The van der Waals surface area contributed by atoms with Crippen molar-refractivity contribution >= 4 is 11.8 Å². The summed E-state index contributed by atoms with van der Waals surface area (Å²) in [5.41, 5.74) is 0.807. The number of rotatable bonds is 1. The number of piperidine rings is 1. The van der Waals surface area contributed by atoms with Gasteiger partial charge in [-0.15, -0.1) is 0 Å². The molecule has 0 unspecified atom stereocenters. The molecule has 5 rings (SSSR count). The van der Waals surface area contributed by atoms with Crippen LogP contribution in [-0.2, 0) is 9.59 Å². The molecule has 4 aliphatic rings. The minimum absolute atomic E-state index is 0.00585. The average molecular weight is 370 g/mol. The summed E-state index contributed by atoms with van der Waals surface area (Å²) in [7, 11) is 0. The Hall–Kier alpha value is -2.15. The van der Waals surface area contributed by atoms with Crippen LogP contribution in [0.2, 0.25) is 0 Å². The largest absolute Gasteiger partial charge is 0.342 e. The second-order valence-electron chi connectivity index (χ2n) is 8.64. The SMILES string of the molecule is CC(=O)N1C[C@H]2C[C@@H](C1)[C@H](C(=O)N1C[C@H]3CNC[C@H]3C1)n1c2cccc1=O. The molecule has 0 aromatic carbocycles. The van der Waals surface area contributed by atoms with Crippen LogP contribution in [0.5, 0.6) is 0 Å². The Kier molecular flexibility index (Phi) is 3.89. The van der Waals surface area contributed by atoms with Crippen LogP contribution in [0.25, 0.3) is 0 Å². The summed E-state index contributed by atoms with van der Waals surface area (Å²) in [6.07, 6.45) is 0.867. The lowest BCUT2D eigenvalue weighted by atomic mass is 9.78. The van der Waals surface area contributed by atoms with Crippen molar-refractivity contribution in [1.82, 2.24) is 19.7 Å². The molecule has 7 heteroatoms. The van der Waals surface area contributed by atoms with Gasteiger partial charge in [0.2, 0.25) is 11.8 Å². The van der Waals surface area contributed by atoms with Crippen LogP contribution in [0.4, 0.5) is 0 Å². The Labute approximate surface area is 158 Å². The second-order valence-corrected chi connectivity index (χ2v) is 8.64. The highest BCUT2D eigenvalue weighted by Gasteiger charge is 2.47. The van der Waals surface area contributed by atoms with E-state index in [9.17, 15) is 14.4 Å². The number of hydrogen-bond acceptors (Lipinski definition) is 4. The molecule has 0 spiro atoms. The van der Waals surface area contributed by atoms with E-state index in [1.54, 1.807) is 23.6 Å². The number of carbonyl (C=O) groups is 2. The molecular formula is C20H26N4O3. The summed E-state index contributed by atoms with van der Waals surface area (Å²) in [5.74, 6) is 1.30. The summed E-state index contributed by atoms with van der Waals surface area (Å²) >= 11 is 0. The molecule has 2 amide bonds. The Morgan fingerprint density at radius 3 is 2.41 bits per heavy atom. The quantitative estimate of drug-likeness (QED) is 0.757. The van der Waals surface area contributed by atoms with Crippen LogP contribution in [-0.4, -0.2) is 65.4 Å². The molecule has 1 aromatic rings. The number of carbonyl (C=O) groups excluding carboxylic acids is 2. The second kappa shape index (κ2) is 6.19. The zero-order valence-electron chi connectivity index (χ0n) is 15.6. The van der Waals surface area contributed by atoms with Gasteiger partial charge < -0.3 is 15.1 Å². The fourth-order valence-corrected chi connectivity index (χ4v) is 5.73. The van der Waals surface area contributed by atoms with Gasteiger partial charge in [0.15, 0.2) is 0 Å². The molecule has 1 N–H and O–H groups in total. The molecule has 4 aliphatic heterocycles. The van der Waals surface area contributed by atoms with Crippen molar-refractivity contribution in [3.05, 3.63) is 34.2 Å². The predicted molar refractivity (Wildman–Crippen MR) is 99.3 cm³/mol. The Balaban J connectivity index is 1.52. The van der Waals surface area contributed by atoms with Crippen LogP contribution >= 0.6 is 0 Å². The molecule has 5 atom stereocenters. The number of fused-ring (bicyclic) bond motifs is 5. The maximum atomic E-state index is 13.6. The van der Waals surface area contributed by atoms with Crippen molar-refractivity contribution in [1.29, 1.82) is 0 Å². The molecule has 0 aliphatic carbocycles. The van der Waals surface area contributed by atoms with E-state index in [1.165, 1.54) is 0 Å². The highest BCUT2D eigenvalue weighted by atomic mass is 16.2. The van der Waals surface area contributed by atoms with Gasteiger partial charge in [-0.1, -0.05) is 6.07 Å². The Morgan fingerprint density at radius 1 is 1.00 bits per heavy atom. The third-order valence-corrected chi connectivity index (χ3v) is 7.05. The summed E-state index contributed by atoms with van der Waals surface area (Å²) in [5, 5.41) is 3.40. The number of aromatic nitrogens is 1. The van der Waals surface area contributed by atoms with E-state index < -0.39 is 6.04 Å². The number of amides is 2. The van der Waals surface area contributed by atoms with E-state index in [0.717, 1.165) is 38.3 Å². The van der Waals surface area contributed by atoms with E-state index in [-0.39, 0.29) is 29.2 Å². The van der Waals surface area contributed by atoms with Crippen LogP contribution in [0.3, 0.4) is 0 Å². The summed E-state index contributed by atoms with van der Waals surface area (Å²) in [6, 6.07) is 4.79. The van der Waals surface area contributed by atoms with Crippen LogP contribution in [0, 0.1) is 17.8 Å². The van der Waals surface area contributed by atoms with E-state index in [4.69, 9.17) is 0 Å². The fraction of sp³-hybridized carbons (Fsp3) is 0.650. The van der Waals surface area contributed by atoms with Crippen molar-refractivity contribution in [2.24, 2.45) is 17.8 Å². The molecule has 0 saturated carbocycles. The summed E-state index contributed by atoms with van der Waals surface area (Å²) in [4.78, 5) is 42.2. The van der Waals surface area contributed by atoms with Crippen molar-refractivity contribution in [2.75, 3.05) is 39.3 Å². The normalized spacial score (nSPS) is 34.3. The number of pyridine rings is 1. The van der Waals surface area contributed by atoms with E-state index >= 15 is 0 Å². The number of nitrogens with one attached hydrogen (secondary N) is 1. The first-order chi connectivity index (χ1) is 13.0. The predicted octanol–water partition coefficient (Wildman–Crippen LogP) is 0.0328. The molecule has 3 saturated heterocycles. The first-order valence-electron chi connectivity index (χ1n) is 9.99. The first-order valence-corrected chi connectivity index (χ1v) is 9.99. The molecule has 3 fully saturated rings. The van der Waals surface area contributed by atoms with Gasteiger partial charge in [0.25, 0.3) is 5.56 Å². The lowest BCUT2D eigenvalue weighted by Crippen LogP contribution is -2.54. The van der Waals surface area contributed by atoms with Gasteiger partial charge in [-0.2, -0.15) is 0 Å². The summed E-state index contributed by atoms with van der Waals surface area (Å²) in [6.45, 7) is 6.27. The van der Waals surface area contributed by atoms with E-state index in [2.05, 4.69) is 5.32 Å². The Bertz CT molecular complexity index is 838. The van der Waals surface area contributed by atoms with Gasteiger partial charge in [-0.3, -0.25) is 19.0 Å². The minimum Gasteiger partial charge on any atom is -0.342 e. The molecule has 2 bridgehead atoms. The van der Waals surface area contributed by atoms with Gasteiger partial charge in [0.1, 0.15) is 6.04 Å². The average Bonchev–Trinajstić information content (AvgIpc) is 3.24. The zero-order valence-corrected chi connectivity index (χ0v) is 15.6. The molecular weight excluding hydrogens is 344 g/mol. The van der Waals surface area contributed by atoms with Crippen LogP contribution < -0.4 is 10.9 Å². The van der Waals surface area contributed by atoms with Gasteiger partial charge in [-0.05, 0) is 24.3 Å².